The number of nitrogens with zero attached hydrogens (tertiary/aromatic N) is 1. The Bertz CT molecular complexity index is 511. The molecule has 1 aliphatic carbocycles. The fourth-order valence-electron chi connectivity index (χ4n) is 2.81. The molecule has 4 heteroatoms. The molecule has 1 heterocycles. The Hall–Kier alpha value is -1.55. The van der Waals surface area contributed by atoms with Crippen molar-refractivity contribution in [3.05, 3.63) is 23.8 Å². The second-order valence-corrected chi connectivity index (χ2v) is 5.60. The minimum absolute atomic E-state index is 0.0122. The lowest BCUT2D eigenvalue weighted by atomic mass is 9.77. The summed E-state index contributed by atoms with van der Waals surface area (Å²) >= 11 is 0. The molecule has 19 heavy (non-hydrogen) atoms. The van der Waals surface area contributed by atoms with Crippen molar-refractivity contribution in [3.8, 4) is 5.75 Å². The normalized spacial score (nSPS) is 24.5. The smallest absolute Gasteiger partial charge is 0.267 e. The molecule has 0 saturated heterocycles. The Morgan fingerprint density at radius 2 is 2.16 bits per heavy atom. The molecule has 2 N–H and O–H groups in total. The molecule has 1 saturated carbocycles. The van der Waals surface area contributed by atoms with E-state index in [4.69, 9.17) is 10.5 Å². The van der Waals surface area contributed by atoms with Crippen LogP contribution in [0.1, 0.15) is 37.8 Å². The number of fused-ring (bicyclic) bond motifs is 1. The molecule has 1 amide bonds. The Morgan fingerprint density at radius 1 is 1.42 bits per heavy atom. The maximum atomic E-state index is 11.9. The first-order valence-electron chi connectivity index (χ1n) is 6.91. The van der Waals surface area contributed by atoms with Crippen molar-refractivity contribution in [1.82, 2.24) is 0 Å². The Labute approximate surface area is 113 Å². The molecule has 1 aliphatic heterocycles. The highest BCUT2D eigenvalue weighted by Crippen LogP contribution is 2.40. The van der Waals surface area contributed by atoms with Gasteiger partial charge in [-0.1, -0.05) is 12.5 Å². The quantitative estimate of drug-likeness (QED) is 0.887. The van der Waals surface area contributed by atoms with E-state index in [0.29, 0.717) is 5.92 Å². The van der Waals surface area contributed by atoms with Crippen molar-refractivity contribution >= 4 is 11.6 Å². The van der Waals surface area contributed by atoms with Gasteiger partial charge < -0.3 is 15.4 Å². The van der Waals surface area contributed by atoms with Crippen LogP contribution in [0.15, 0.2) is 18.2 Å². The molecule has 0 radical (unpaired) electrons. The van der Waals surface area contributed by atoms with Crippen LogP contribution in [0, 0.1) is 5.92 Å². The van der Waals surface area contributed by atoms with Crippen molar-refractivity contribution < 1.29 is 9.53 Å². The zero-order valence-electron chi connectivity index (χ0n) is 11.4. The fourth-order valence-corrected chi connectivity index (χ4v) is 2.81. The lowest BCUT2D eigenvalue weighted by Crippen LogP contribution is -2.42. The number of amides is 1. The monoisotopic (exact) mass is 260 g/mol. The van der Waals surface area contributed by atoms with Crippen LogP contribution >= 0.6 is 0 Å². The van der Waals surface area contributed by atoms with Gasteiger partial charge in [-0.2, -0.15) is 0 Å². The third kappa shape index (κ3) is 2.00. The molecule has 102 valence electrons. The Balaban J connectivity index is 1.92. The van der Waals surface area contributed by atoms with Crippen LogP contribution in [0.2, 0.25) is 0 Å². The first-order valence-corrected chi connectivity index (χ1v) is 6.91. The standard InChI is InChI=1S/C15H20N2O2/c1-9-15(18)17(2)12-8-11(6-7-13(12)19-9)14(16)10-4-3-5-10/h6-10,14H,3-5,16H2,1-2H3. The van der Waals surface area contributed by atoms with Gasteiger partial charge in [0.1, 0.15) is 5.75 Å². The lowest BCUT2D eigenvalue weighted by molar-refractivity contribution is -0.125. The molecule has 3 rings (SSSR count). The van der Waals surface area contributed by atoms with Crippen molar-refractivity contribution in [1.29, 1.82) is 0 Å². The summed E-state index contributed by atoms with van der Waals surface area (Å²) in [5.74, 6) is 1.34. The molecule has 0 spiro atoms. The summed E-state index contributed by atoms with van der Waals surface area (Å²) in [6.45, 7) is 1.77. The maximum Gasteiger partial charge on any atom is 0.267 e. The molecule has 4 nitrogen and oxygen atoms in total. The summed E-state index contributed by atoms with van der Waals surface area (Å²) < 4.78 is 5.62. The summed E-state index contributed by atoms with van der Waals surface area (Å²) in [4.78, 5) is 13.6. The average molecular weight is 260 g/mol. The summed E-state index contributed by atoms with van der Waals surface area (Å²) in [6, 6.07) is 6.03. The van der Waals surface area contributed by atoms with Crippen LogP contribution in [-0.2, 0) is 4.79 Å². The first kappa shape index (κ1) is 12.5. The van der Waals surface area contributed by atoms with Gasteiger partial charge in [0.15, 0.2) is 6.10 Å². The average Bonchev–Trinajstić information content (AvgIpc) is 2.33. The molecule has 0 bridgehead atoms. The predicted molar refractivity (Wildman–Crippen MR) is 74.2 cm³/mol. The molecule has 1 aromatic carbocycles. The van der Waals surface area contributed by atoms with E-state index in [1.807, 2.05) is 18.2 Å². The van der Waals surface area contributed by atoms with Crippen LogP contribution < -0.4 is 15.4 Å². The number of ether oxygens (including phenoxy) is 1. The number of carbonyl (C=O) groups excluding carboxylic acids is 1. The van der Waals surface area contributed by atoms with Crippen molar-refractivity contribution in [2.75, 3.05) is 11.9 Å². The molecule has 1 fully saturated rings. The van der Waals surface area contributed by atoms with Crippen LogP contribution in [0.25, 0.3) is 0 Å². The van der Waals surface area contributed by atoms with Gasteiger partial charge >= 0.3 is 0 Å². The third-order valence-electron chi connectivity index (χ3n) is 4.37. The van der Waals surface area contributed by atoms with Gasteiger partial charge in [-0.25, -0.2) is 0 Å². The second kappa shape index (κ2) is 4.53. The van der Waals surface area contributed by atoms with Gasteiger partial charge in [0.25, 0.3) is 5.91 Å². The highest BCUT2D eigenvalue weighted by atomic mass is 16.5. The topological polar surface area (TPSA) is 55.6 Å². The van der Waals surface area contributed by atoms with E-state index in [1.54, 1.807) is 18.9 Å². The minimum atomic E-state index is -0.413. The Morgan fingerprint density at radius 3 is 2.79 bits per heavy atom. The Kier molecular flexibility index (Phi) is 2.97. The molecule has 2 aliphatic rings. The van der Waals surface area contributed by atoms with Gasteiger partial charge in [0.05, 0.1) is 5.69 Å². The van der Waals surface area contributed by atoms with Crippen LogP contribution in [0.3, 0.4) is 0 Å². The highest BCUT2D eigenvalue weighted by molar-refractivity contribution is 5.99. The van der Waals surface area contributed by atoms with E-state index in [0.717, 1.165) is 17.0 Å². The first-order chi connectivity index (χ1) is 9.08. The van der Waals surface area contributed by atoms with E-state index < -0.39 is 6.10 Å². The number of benzene rings is 1. The molecule has 0 aromatic heterocycles. The molecule has 1 aromatic rings. The van der Waals surface area contributed by atoms with Gasteiger partial charge in [0, 0.05) is 13.1 Å². The number of hydrogen-bond acceptors (Lipinski definition) is 3. The zero-order valence-corrected chi connectivity index (χ0v) is 11.4. The van der Waals surface area contributed by atoms with E-state index >= 15 is 0 Å². The maximum absolute atomic E-state index is 11.9. The largest absolute Gasteiger partial charge is 0.479 e. The van der Waals surface area contributed by atoms with E-state index in [1.165, 1.54) is 19.3 Å². The number of likely N-dealkylation sites (N-methyl/N-ethyl adjacent to an activating group) is 1. The fraction of sp³-hybridized carbons (Fsp3) is 0.533. The van der Waals surface area contributed by atoms with Crippen LogP contribution in [-0.4, -0.2) is 19.1 Å². The van der Waals surface area contributed by atoms with E-state index in [2.05, 4.69) is 0 Å². The van der Waals surface area contributed by atoms with Crippen LogP contribution in [0.4, 0.5) is 5.69 Å². The molecule has 2 unspecified atom stereocenters. The second-order valence-electron chi connectivity index (χ2n) is 5.60. The minimum Gasteiger partial charge on any atom is -0.479 e. The van der Waals surface area contributed by atoms with Crippen molar-refractivity contribution in [3.63, 3.8) is 0 Å². The number of rotatable bonds is 2. The highest BCUT2D eigenvalue weighted by Gasteiger charge is 2.31. The summed E-state index contributed by atoms with van der Waals surface area (Å²) in [7, 11) is 1.79. The van der Waals surface area contributed by atoms with E-state index in [-0.39, 0.29) is 11.9 Å². The lowest BCUT2D eigenvalue weighted by Gasteiger charge is -2.34. The number of carbonyl (C=O) groups is 1. The zero-order chi connectivity index (χ0) is 13.6. The van der Waals surface area contributed by atoms with E-state index in [9.17, 15) is 4.79 Å². The number of anilines is 1. The van der Waals surface area contributed by atoms with Gasteiger partial charge in [-0.15, -0.1) is 0 Å². The van der Waals surface area contributed by atoms with Gasteiger partial charge in [0.2, 0.25) is 0 Å². The molecular weight excluding hydrogens is 240 g/mol. The summed E-state index contributed by atoms with van der Waals surface area (Å²) in [5, 5.41) is 0. The van der Waals surface area contributed by atoms with Gasteiger partial charge in [-0.05, 0) is 43.4 Å². The SMILES string of the molecule is CC1Oc2ccc(C(N)C3CCC3)cc2N(C)C1=O. The third-order valence-corrected chi connectivity index (χ3v) is 4.37. The van der Waals surface area contributed by atoms with Crippen molar-refractivity contribution in [2.45, 2.75) is 38.3 Å². The number of nitrogens with two attached hydrogens (primary N) is 1. The van der Waals surface area contributed by atoms with Crippen molar-refractivity contribution in [2.24, 2.45) is 11.7 Å². The predicted octanol–water partition coefficient (Wildman–Crippen LogP) is 2.23. The summed E-state index contributed by atoms with van der Waals surface area (Å²) in [6.07, 6.45) is 3.28. The summed E-state index contributed by atoms with van der Waals surface area (Å²) in [5.41, 5.74) is 8.22. The molecular formula is C15H20N2O2. The number of hydrogen-bond donors (Lipinski definition) is 1. The molecule has 2 atom stereocenters. The van der Waals surface area contributed by atoms with Crippen LogP contribution in [0.5, 0.6) is 5.75 Å². The van der Waals surface area contributed by atoms with Gasteiger partial charge in [-0.3, -0.25) is 4.79 Å².